The van der Waals surface area contributed by atoms with Gasteiger partial charge in [-0.2, -0.15) is 13.2 Å². The minimum Gasteiger partial charge on any atom is -0.166 e. The zero-order valence-electron chi connectivity index (χ0n) is 11.4. The van der Waals surface area contributed by atoms with Crippen molar-refractivity contribution in [3.8, 4) is 0 Å². The lowest BCUT2D eigenvalue weighted by Crippen LogP contribution is -2.07. The number of fused-ring (bicyclic) bond motifs is 2. The Bertz CT molecular complexity index is 714. The van der Waals surface area contributed by atoms with Gasteiger partial charge >= 0.3 is 6.18 Å². The van der Waals surface area contributed by atoms with Crippen molar-refractivity contribution in [2.75, 3.05) is 0 Å². The minimum atomic E-state index is -4.31. The lowest BCUT2D eigenvalue weighted by Gasteiger charge is -2.23. The molecule has 21 heavy (non-hydrogen) atoms. The highest BCUT2D eigenvalue weighted by Gasteiger charge is 2.32. The van der Waals surface area contributed by atoms with Crippen LogP contribution in [-0.2, 0) is 6.18 Å². The van der Waals surface area contributed by atoms with Gasteiger partial charge in [-0.15, -0.1) is 0 Å². The predicted molar refractivity (Wildman–Crippen MR) is 79.4 cm³/mol. The van der Waals surface area contributed by atoms with Gasteiger partial charge in [0.1, 0.15) is 0 Å². The van der Waals surface area contributed by atoms with E-state index < -0.39 is 11.7 Å². The highest BCUT2D eigenvalue weighted by Crippen LogP contribution is 2.46. The Balaban J connectivity index is 2.20. The molecule has 0 nitrogen and oxygen atoms in total. The molecule has 2 aromatic rings. The molecule has 0 fully saturated rings. The van der Waals surface area contributed by atoms with Gasteiger partial charge in [-0.05, 0) is 47.4 Å². The fraction of sp³-hybridized carbons (Fsp3) is 0.176. The number of alkyl halides is 3. The van der Waals surface area contributed by atoms with Crippen molar-refractivity contribution in [1.29, 1.82) is 0 Å². The molecule has 0 unspecified atom stereocenters. The second-order valence-corrected chi connectivity index (χ2v) is 5.92. The van der Waals surface area contributed by atoms with E-state index in [1.165, 1.54) is 17.8 Å². The zero-order chi connectivity index (χ0) is 15.0. The first-order valence-corrected chi connectivity index (χ1v) is 7.51. The van der Waals surface area contributed by atoms with Gasteiger partial charge in [0.2, 0.25) is 0 Å². The maximum absolute atomic E-state index is 12.9. The molecule has 1 heterocycles. The van der Waals surface area contributed by atoms with Crippen LogP contribution in [-0.4, -0.2) is 0 Å². The van der Waals surface area contributed by atoms with Crippen molar-refractivity contribution in [3.05, 3.63) is 65.2 Å². The monoisotopic (exact) mass is 306 g/mol. The van der Waals surface area contributed by atoms with Crippen molar-refractivity contribution in [3.63, 3.8) is 0 Å². The number of rotatable bonds is 1. The summed E-state index contributed by atoms with van der Waals surface area (Å²) in [5.74, 6) is 0. The molecule has 0 saturated carbocycles. The minimum absolute atomic E-state index is 0.594. The van der Waals surface area contributed by atoms with Gasteiger partial charge in [0.25, 0.3) is 0 Å². The Morgan fingerprint density at radius 2 is 1.71 bits per heavy atom. The quantitative estimate of drug-likeness (QED) is 0.530. The molecule has 0 aliphatic carbocycles. The molecule has 1 aliphatic rings. The highest BCUT2D eigenvalue weighted by molar-refractivity contribution is 7.99. The van der Waals surface area contributed by atoms with Crippen molar-refractivity contribution in [2.24, 2.45) is 0 Å². The Labute approximate surface area is 125 Å². The second-order valence-electron chi connectivity index (χ2n) is 4.83. The summed E-state index contributed by atoms with van der Waals surface area (Å²) in [5.41, 5.74) is 1.99. The summed E-state index contributed by atoms with van der Waals surface area (Å²) in [6, 6.07) is 11.8. The van der Waals surface area contributed by atoms with Crippen LogP contribution in [0, 0.1) is 0 Å². The summed E-state index contributed by atoms with van der Waals surface area (Å²) in [6.45, 7) is 1.99. The van der Waals surface area contributed by atoms with Crippen molar-refractivity contribution < 1.29 is 13.2 Å². The molecule has 0 spiro atoms. The maximum Gasteiger partial charge on any atom is 0.416 e. The third-order valence-electron chi connectivity index (χ3n) is 3.40. The lowest BCUT2D eigenvalue weighted by atomic mass is 9.94. The Hall–Kier alpha value is -1.68. The first-order chi connectivity index (χ1) is 10.0. The second kappa shape index (κ2) is 5.26. The zero-order valence-corrected chi connectivity index (χ0v) is 12.2. The van der Waals surface area contributed by atoms with Gasteiger partial charge < -0.3 is 0 Å². The number of benzene rings is 2. The number of hydrogen-bond acceptors (Lipinski definition) is 1. The van der Waals surface area contributed by atoms with Crippen LogP contribution in [0.2, 0.25) is 0 Å². The average molecular weight is 306 g/mol. The first kappa shape index (κ1) is 14.3. The summed E-state index contributed by atoms with van der Waals surface area (Å²) in [6.07, 6.45) is -1.53. The first-order valence-electron chi connectivity index (χ1n) is 6.69. The van der Waals surface area contributed by atoms with E-state index in [9.17, 15) is 13.2 Å². The number of allylic oxidation sites excluding steroid dienone is 1. The van der Waals surface area contributed by atoms with E-state index in [0.717, 1.165) is 33.4 Å². The molecule has 2 aromatic carbocycles. The third kappa shape index (κ3) is 2.60. The summed E-state index contributed by atoms with van der Waals surface area (Å²) < 4.78 is 38.8. The van der Waals surface area contributed by atoms with Crippen LogP contribution in [0.1, 0.15) is 30.0 Å². The molecule has 0 saturated heterocycles. The van der Waals surface area contributed by atoms with E-state index in [1.807, 2.05) is 37.3 Å². The lowest BCUT2D eigenvalue weighted by molar-refractivity contribution is -0.137. The summed E-state index contributed by atoms with van der Waals surface area (Å²) in [4.78, 5) is 1.96. The van der Waals surface area contributed by atoms with Gasteiger partial charge in [-0.1, -0.05) is 43.0 Å². The molecule has 3 rings (SSSR count). The molecule has 0 bridgehead atoms. The smallest absolute Gasteiger partial charge is 0.166 e. The molecule has 0 aromatic heterocycles. The van der Waals surface area contributed by atoms with Crippen molar-refractivity contribution in [2.45, 2.75) is 29.3 Å². The maximum atomic E-state index is 12.9. The van der Waals surface area contributed by atoms with Crippen molar-refractivity contribution in [1.82, 2.24) is 0 Å². The molecule has 0 radical (unpaired) electrons. The van der Waals surface area contributed by atoms with E-state index in [1.54, 1.807) is 6.07 Å². The fourth-order valence-electron chi connectivity index (χ4n) is 2.47. The molecule has 108 valence electrons. The summed E-state index contributed by atoms with van der Waals surface area (Å²) >= 11 is 1.52. The average Bonchev–Trinajstić information content (AvgIpc) is 2.45. The van der Waals surface area contributed by atoms with Crippen molar-refractivity contribution >= 4 is 17.3 Å². The highest BCUT2D eigenvalue weighted by atomic mass is 32.2. The van der Waals surface area contributed by atoms with Gasteiger partial charge in [0.05, 0.1) is 5.56 Å². The van der Waals surface area contributed by atoms with E-state index in [-0.39, 0.29) is 0 Å². The molecule has 0 atom stereocenters. The Morgan fingerprint density at radius 1 is 1.00 bits per heavy atom. The Kier molecular flexibility index (Phi) is 3.57. The van der Waals surface area contributed by atoms with Crippen LogP contribution < -0.4 is 0 Å². The van der Waals surface area contributed by atoms with Crippen LogP contribution in [0.3, 0.4) is 0 Å². The van der Waals surface area contributed by atoms with E-state index in [4.69, 9.17) is 0 Å². The molecule has 0 N–H and O–H groups in total. The topological polar surface area (TPSA) is 0 Å². The molecule has 4 heteroatoms. The van der Waals surface area contributed by atoms with Crippen LogP contribution in [0.5, 0.6) is 0 Å². The normalized spacial score (nSPS) is 15.7. The Morgan fingerprint density at radius 3 is 2.43 bits per heavy atom. The van der Waals surface area contributed by atoms with E-state index in [2.05, 4.69) is 0 Å². The predicted octanol–water partition coefficient (Wildman–Crippen LogP) is 6.01. The third-order valence-corrected chi connectivity index (χ3v) is 4.55. The van der Waals surface area contributed by atoms with E-state index >= 15 is 0 Å². The van der Waals surface area contributed by atoms with Crippen LogP contribution in [0.4, 0.5) is 13.2 Å². The molecular formula is C17H13F3S. The van der Waals surface area contributed by atoms with Gasteiger partial charge in [-0.25, -0.2) is 0 Å². The SMILES string of the molecule is CCC=C1c2ccccc2Sc2ccc(C(F)(F)F)cc21. The number of hydrogen-bond donors (Lipinski definition) is 0. The molecule has 0 amide bonds. The van der Waals surface area contributed by atoms with Crippen LogP contribution in [0.15, 0.2) is 58.3 Å². The summed E-state index contributed by atoms with van der Waals surface area (Å²) in [5, 5.41) is 0. The van der Waals surface area contributed by atoms with Gasteiger partial charge in [-0.3, -0.25) is 0 Å². The molecule has 1 aliphatic heterocycles. The van der Waals surface area contributed by atoms with Gasteiger partial charge in [0.15, 0.2) is 0 Å². The van der Waals surface area contributed by atoms with Crippen LogP contribution in [0.25, 0.3) is 5.57 Å². The number of halogens is 3. The molecular weight excluding hydrogens is 293 g/mol. The van der Waals surface area contributed by atoms with E-state index in [0.29, 0.717) is 5.56 Å². The van der Waals surface area contributed by atoms with Crippen LogP contribution >= 0.6 is 11.8 Å². The summed E-state index contributed by atoms with van der Waals surface area (Å²) in [7, 11) is 0. The fourth-order valence-corrected chi connectivity index (χ4v) is 3.56. The largest absolute Gasteiger partial charge is 0.416 e. The van der Waals surface area contributed by atoms with Gasteiger partial charge in [0, 0.05) is 9.79 Å². The standard InChI is InChI=1S/C17H13F3S/c1-2-5-12-13-6-3-4-7-15(13)21-16-9-8-11(10-14(12)16)17(18,19)20/h3-10H,2H2,1H3.